The van der Waals surface area contributed by atoms with E-state index in [2.05, 4.69) is 0 Å². The second kappa shape index (κ2) is 5.61. The average Bonchev–Trinajstić information content (AvgIpc) is 2.36. The summed E-state index contributed by atoms with van der Waals surface area (Å²) in [7, 11) is -3.27. The predicted octanol–water partition coefficient (Wildman–Crippen LogP) is 2.98. The smallest absolute Gasteiger partial charge is 0.323 e. The highest BCUT2D eigenvalue weighted by atomic mass is 32.2. The maximum absolute atomic E-state index is 12.7. The Morgan fingerprint density at radius 2 is 1.95 bits per heavy atom. The first kappa shape index (κ1) is 16.3. The van der Waals surface area contributed by atoms with Gasteiger partial charge in [-0.3, -0.25) is 0 Å². The number of sulfone groups is 1. The molecule has 1 aromatic carbocycles. The normalized spacial score (nSPS) is 23.8. The highest BCUT2D eigenvalue weighted by molar-refractivity contribution is 7.92. The Morgan fingerprint density at radius 1 is 1.29 bits per heavy atom. The summed E-state index contributed by atoms with van der Waals surface area (Å²) in [5.41, 5.74) is 6.14. The van der Waals surface area contributed by atoms with Gasteiger partial charge in [0, 0.05) is 6.04 Å². The summed E-state index contributed by atoms with van der Waals surface area (Å²) >= 11 is 0. The van der Waals surface area contributed by atoms with E-state index in [-0.39, 0.29) is 5.75 Å². The number of alkyl halides is 3. The summed E-state index contributed by atoms with van der Waals surface area (Å²) in [5.74, 6) is 0.102. The van der Waals surface area contributed by atoms with E-state index < -0.39 is 32.9 Å². The molecule has 3 nitrogen and oxygen atoms in total. The summed E-state index contributed by atoms with van der Waals surface area (Å²) in [5, 5.41) is -0.707. The molecule has 0 saturated carbocycles. The molecule has 1 saturated heterocycles. The number of nitrogens with two attached hydrogens (primary N) is 1. The molecule has 2 unspecified atom stereocenters. The molecule has 1 aliphatic heterocycles. The van der Waals surface area contributed by atoms with Crippen LogP contribution in [0.3, 0.4) is 0 Å². The minimum absolute atomic E-state index is 0.102. The third kappa shape index (κ3) is 3.40. The van der Waals surface area contributed by atoms with Gasteiger partial charge in [0.2, 0.25) is 0 Å². The molecule has 0 aliphatic carbocycles. The van der Waals surface area contributed by atoms with Crippen LogP contribution in [0.15, 0.2) is 18.2 Å². The van der Waals surface area contributed by atoms with Crippen LogP contribution in [0.1, 0.15) is 42.0 Å². The maximum atomic E-state index is 12.7. The van der Waals surface area contributed by atoms with Gasteiger partial charge in [-0.05, 0) is 43.0 Å². The molecule has 118 valence electrons. The van der Waals surface area contributed by atoms with Crippen LogP contribution >= 0.6 is 0 Å². The Labute approximate surface area is 122 Å². The summed E-state index contributed by atoms with van der Waals surface area (Å²) < 4.78 is 62.1. The largest absolute Gasteiger partial charge is 0.416 e. The van der Waals surface area contributed by atoms with Crippen LogP contribution in [0.4, 0.5) is 13.2 Å². The standard InChI is InChI=1S/C14H18F3NO2S/c1-9-8-10(14(15,16)17)5-6-11(9)13(18)12-4-2-3-7-21(12,19)20/h5-6,8,12-13H,2-4,7,18H2,1H3. The number of halogens is 3. The molecule has 7 heteroatoms. The minimum Gasteiger partial charge on any atom is -0.323 e. The van der Waals surface area contributed by atoms with E-state index in [1.165, 1.54) is 13.0 Å². The Morgan fingerprint density at radius 3 is 2.48 bits per heavy atom. The quantitative estimate of drug-likeness (QED) is 0.911. The van der Waals surface area contributed by atoms with Gasteiger partial charge in [0.15, 0.2) is 9.84 Å². The lowest BCUT2D eigenvalue weighted by atomic mass is 9.95. The first-order chi connectivity index (χ1) is 9.63. The maximum Gasteiger partial charge on any atom is 0.416 e. The molecule has 1 aromatic rings. The summed E-state index contributed by atoms with van der Waals surface area (Å²) in [6.45, 7) is 1.53. The molecular formula is C14H18F3NO2S. The van der Waals surface area contributed by atoms with Crippen LogP contribution in [0.2, 0.25) is 0 Å². The van der Waals surface area contributed by atoms with Crippen molar-refractivity contribution in [3.63, 3.8) is 0 Å². The second-order valence-electron chi connectivity index (χ2n) is 5.50. The molecule has 0 bridgehead atoms. The molecule has 2 atom stereocenters. The van der Waals surface area contributed by atoms with Crippen molar-refractivity contribution in [3.8, 4) is 0 Å². The lowest BCUT2D eigenvalue weighted by Crippen LogP contribution is -2.38. The Balaban J connectivity index is 2.34. The Kier molecular flexibility index (Phi) is 4.35. The summed E-state index contributed by atoms with van der Waals surface area (Å²) in [6, 6.07) is 2.49. The second-order valence-corrected chi connectivity index (χ2v) is 7.84. The highest BCUT2D eigenvalue weighted by Crippen LogP contribution is 2.34. The Hall–Kier alpha value is -1.08. The molecule has 1 fully saturated rings. The fraction of sp³-hybridized carbons (Fsp3) is 0.571. The van der Waals surface area contributed by atoms with Gasteiger partial charge in [0.1, 0.15) is 0 Å². The Bertz CT molecular complexity index is 626. The molecule has 21 heavy (non-hydrogen) atoms. The number of hydrogen-bond donors (Lipinski definition) is 1. The molecule has 1 aliphatic rings. The molecule has 0 spiro atoms. The molecule has 0 amide bonds. The van der Waals surface area contributed by atoms with Crippen LogP contribution in [-0.4, -0.2) is 19.4 Å². The zero-order valence-corrected chi connectivity index (χ0v) is 12.5. The fourth-order valence-corrected chi connectivity index (χ4v) is 4.84. The van der Waals surface area contributed by atoms with Crippen molar-refractivity contribution in [1.82, 2.24) is 0 Å². The minimum atomic E-state index is -4.41. The van der Waals surface area contributed by atoms with E-state index in [4.69, 9.17) is 5.73 Å². The molecular weight excluding hydrogens is 303 g/mol. The van der Waals surface area contributed by atoms with Crippen LogP contribution in [0.25, 0.3) is 0 Å². The predicted molar refractivity (Wildman–Crippen MR) is 74.5 cm³/mol. The lowest BCUT2D eigenvalue weighted by Gasteiger charge is -2.28. The molecule has 1 heterocycles. The van der Waals surface area contributed by atoms with Crippen molar-refractivity contribution < 1.29 is 21.6 Å². The van der Waals surface area contributed by atoms with E-state index in [9.17, 15) is 21.6 Å². The van der Waals surface area contributed by atoms with Crippen molar-refractivity contribution in [1.29, 1.82) is 0 Å². The van der Waals surface area contributed by atoms with Gasteiger partial charge >= 0.3 is 6.18 Å². The van der Waals surface area contributed by atoms with Crippen molar-refractivity contribution in [2.45, 2.75) is 43.7 Å². The van der Waals surface area contributed by atoms with Crippen molar-refractivity contribution >= 4 is 9.84 Å². The van der Waals surface area contributed by atoms with Gasteiger partial charge in [-0.2, -0.15) is 13.2 Å². The van der Waals surface area contributed by atoms with Gasteiger partial charge in [-0.15, -0.1) is 0 Å². The van der Waals surface area contributed by atoms with Gasteiger partial charge in [-0.1, -0.05) is 12.5 Å². The van der Waals surface area contributed by atoms with Crippen LogP contribution in [0, 0.1) is 6.92 Å². The van der Waals surface area contributed by atoms with E-state index in [0.29, 0.717) is 24.0 Å². The van der Waals surface area contributed by atoms with Crippen molar-refractivity contribution in [2.75, 3.05) is 5.75 Å². The highest BCUT2D eigenvalue weighted by Gasteiger charge is 2.36. The third-order valence-electron chi connectivity index (χ3n) is 3.99. The monoisotopic (exact) mass is 321 g/mol. The third-order valence-corrected chi connectivity index (χ3v) is 6.29. The first-order valence-electron chi connectivity index (χ1n) is 6.78. The van der Waals surface area contributed by atoms with Crippen molar-refractivity contribution in [2.24, 2.45) is 5.73 Å². The van der Waals surface area contributed by atoms with Gasteiger partial charge < -0.3 is 5.73 Å². The zero-order chi connectivity index (χ0) is 15.8. The van der Waals surface area contributed by atoms with Crippen LogP contribution < -0.4 is 5.73 Å². The van der Waals surface area contributed by atoms with Crippen LogP contribution in [0.5, 0.6) is 0 Å². The zero-order valence-electron chi connectivity index (χ0n) is 11.7. The SMILES string of the molecule is Cc1cc(C(F)(F)F)ccc1C(N)C1CCCCS1(=O)=O. The first-order valence-corrected chi connectivity index (χ1v) is 8.49. The van der Waals surface area contributed by atoms with E-state index in [1.807, 2.05) is 0 Å². The fourth-order valence-electron chi connectivity index (χ4n) is 2.81. The van der Waals surface area contributed by atoms with Crippen molar-refractivity contribution in [3.05, 3.63) is 34.9 Å². The average molecular weight is 321 g/mol. The number of rotatable bonds is 2. The molecule has 0 aromatic heterocycles. The topological polar surface area (TPSA) is 60.2 Å². The molecule has 0 radical (unpaired) electrons. The summed E-state index contributed by atoms with van der Waals surface area (Å²) in [4.78, 5) is 0. The lowest BCUT2D eigenvalue weighted by molar-refractivity contribution is -0.137. The molecule has 2 N–H and O–H groups in total. The molecule has 2 rings (SSSR count). The number of benzene rings is 1. The van der Waals surface area contributed by atoms with Gasteiger partial charge in [0.25, 0.3) is 0 Å². The van der Waals surface area contributed by atoms with E-state index in [1.54, 1.807) is 0 Å². The van der Waals surface area contributed by atoms with E-state index in [0.717, 1.165) is 18.6 Å². The number of hydrogen-bond acceptors (Lipinski definition) is 3. The summed E-state index contributed by atoms with van der Waals surface area (Å²) in [6.07, 6.45) is -2.55. The number of aryl methyl sites for hydroxylation is 1. The van der Waals surface area contributed by atoms with Crippen LogP contribution in [-0.2, 0) is 16.0 Å². The van der Waals surface area contributed by atoms with E-state index >= 15 is 0 Å². The van der Waals surface area contributed by atoms with Gasteiger partial charge in [0.05, 0.1) is 16.6 Å². The van der Waals surface area contributed by atoms with Gasteiger partial charge in [-0.25, -0.2) is 8.42 Å².